The summed E-state index contributed by atoms with van der Waals surface area (Å²) < 4.78 is 40.1. The Balaban J connectivity index is 2.78. The van der Waals surface area contributed by atoms with Gasteiger partial charge in [0.1, 0.15) is 5.75 Å². The summed E-state index contributed by atoms with van der Waals surface area (Å²) >= 11 is 0. The van der Waals surface area contributed by atoms with E-state index in [1.807, 2.05) is 6.92 Å². The van der Waals surface area contributed by atoms with Crippen molar-refractivity contribution in [3.05, 3.63) is 29.8 Å². The number of carbonyl (C=O) groups excluding carboxylic acids is 1. The number of primary amides is 1. The Morgan fingerprint density at radius 2 is 2.11 bits per heavy atom. The molecule has 6 heteroatoms. The average molecular weight is 275 g/mol. The van der Waals surface area contributed by atoms with Gasteiger partial charge in [0.2, 0.25) is 5.91 Å². The third kappa shape index (κ3) is 5.63. The lowest BCUT2D eigenvalue weighted by molar-refractivity contribution is -0.274. The van der Waals surface area contributed by atoms with Gasteiger partial charge in [0, 0.05) is 5.92 Å². The zero-order chi connectivity index (χ0) is 14.5. The first-order valence-corrected chi connectivity index (χ1v) is 5.96. The van der Waals surface area contributed by atoms with Crippen LogP contribution in [0.4, 0.5) is 13.2 Å². The molecule has 1 aromatic rings. The van der Waals surface area contributed by atoms with Crippen molar-refractivity contribution in [3.63, 3.8) is 0 Å². The van der Waals surface area contributed by atoms with Crippen LogP contribution in [-0.4, -0.2) is 12.3 Å². The maximum atomic E-state index is 12.1. The Hall–Kier alpha value is -1.72. The summed E-state index contributed by atoms with van der Waals surface area (Å²) in [5, 5.41) is 0. The van der Waals surface area contributed by atoms with E-state index in [1.54, 1.807) is 6.07 Å². The Morgan fingerprint density at radius 1 is 1.42 bits per heavy atom. The molecule has 0 bridgehead atoms. The normalized spacial score (nSPS) is 13.1. The van der Waals surface area contributed by atoms with Crippen molar-refractivity contribution < 1.29 is 22.7 Å². The van der Waals surface area contributed by atoms with E-state index in [1.165, 1.54) is 18.2 Å². The van der Waals surface area contributed by atoms with Crippen LogP contribution in [0, 0.1) is 5.92 Å². The van der Waals surface area contributed by atoms with E-state index in [2.05, 4.69) is 4.74 Å². The lowest BCUT2D eigenvalue weighted by atomic mass is 9.94. The van der Waals surface area contributed by atoms with Crippen molar-refractivity contribution in [2.45, 2.75) is 32.5 Å². The number of amides is 1. The van der Waals surface area contributed by atoms with E-state index in [-0.39, 0.29) is 11.7 Å². The smallest absolute Gasteiger partial charge is 0.406 e. The number of rotatable bonds is 6. The van der Waals surface area contributed by atoms with E-state index in [0.29, 0.717) is 18.4 Å². The van der Waals surface area contributed by atoms with E-state index < -0.39 is 12.3 Å². The van der Waals surface area contributed by atoms with Gasteiger partial charge in [-0.1, -0.05) is 25.5 Å². The Bertz CT molecular complexity index is 432. The lowest BCUT2D eigenvalue weighted by Gasteiger charge is -2.14. The maximum Gasteiger partial charge on any atom is 0.573 e. The van der Waals surface area contributed by atoms with Crippen LogP contribution in [0.1, 0.15) is 25.3 Å². The molecule has 3 nitrogen and oxygen atoms in total. The minimum atomic E-state index is -4.72. The Labute approximate surface area is 109 Å². The van der Waals surface area contributed by atoms with Crippen molar-refractivity contribution in [1.82, 2.24) is 0 Å². The van der Waals surface area contributed by atoms with Crippen LogP contribution in [0.3, 0.4) is 0 Å². The van der Waals surface area contributed by atoms with Gasteiger partial charge in [0.25, 0.3) is 0 Å². The molecular weight excluding hydrogens is 259 g/mol. The van der Waals surface area contributed by atoms with E-state index in [4.69, 9.17) is 5.73 Å². The quantitative estimate of drug-likeness (QED) is 0.867. The summed E-state index contributed by atoms with van der Waals surface area (Å²) in [5.41, 5.74) is 5.86. The number of benzene rings is 1. The fraction of sp³-hybridized carbons (Fsp3) is 0.462. The predicted molar refractivity (Wildman–Crippen MR) is 64.4 cm³/mol. The predicted octanol–water partition coefficient (Wildman–Crippen LogP) is 3.03. The molecular formula is C13H16F3NO2. The van der Waals surface area contributed by atoms with Crippen LogP contribution in [0.15, 0.2) is 24.3 Å². The molecule has 1 aromatic carbocycles. The molecule has 0 aliphatic rings. The number of ether oxygens (including phenoxy) is 1. The zero-order valence-corrected chi connectivity index (χ0v) is 10.5. The molecule has 1 amide bonds. The molecule has 1 rings (SSSR count). The molecule has 0 radical (unpaired) electrons. The van der Waals surface area contributed by atoms with Gasteiger partial charge < -0.3 is 10.5 Å². The van der Waals surface area contributed by atoms with Crippen LogP contribution in [0.2, 0.25) is 0 Å². The molecule has 0 aliphatic heterocycles. The highest BCUT2D eigenvalue weighted by Crippen LogP contribution is 2.24. The molecule has 19 heavy (non-hydrogen) atoms. The third-order valence-electron chi connectivity index (χ3n) is 2.65. The van der Waals surface area contributed by atoms with E-state index >= 15 is 0 Å². The van der Waals surface area contributed by atoms with Crippen molar-refractivity contribution in [2.24, 2.45) is 11.7 Å². The van der Waals surface area contributed by atoms with Crippen LogP contribution in [0.25, 0.3) is 0 Å². The number of halogens is 3. The summed E-state index contributed by atoms with van der Waals surface area (Å²) in [6.45, 7) is 1.92. The highest BCUT2D eigenvalue weighted by molar-refractivity contribution is 5.76. The maximum absolute atomic E-state index is 12.1. The molecule has 0 aromatic heterocycles. The summed E-state index contributed by atoms with van der Waals surface area (Å²) in [6.07, 6.45) is -3.00. The topological polar surface area (TPSA) is 52.3 Å². The molecule has 0 spiro atoms. The van der Waals surface area contributed by atoms with Crippen molar-refractivity contribution in [3.8, 4) is 5.75 Å². The Morgan fingerprint density at radius 3 is 2.63 bits per heavy atom. The largest absolute Gasteiger partial charge is 0.573 e. The number of carbonyl (C=O) groups is 1. The number of nitrogens with two attached hydrogens (primary N) is 1. The highest BCUT2D eigenvalue weighted by Gasteiger charge is 2.31. The summed E-state index contributed by atoms with van der Waals surface area (Å²) in [5.74, 6) is -1.10. The summed E-state index contributed by atoms with van der Waals surface area (Å²) in [7, 11) is 0. The fourth-order valence-electron chi connectivity index (χ4n) is 1.85. The highest BCUT2D eigenvalue weighted by atomic mass is 19.4. The standard InChI is InChI=1S/C13H16F3NO2/c1-2-4-10(12(17)18)7-9-5-3-6-11(8-9)19-13(14,15)16/h3,5-6,8,10H,2,4,7H2,1H3,(H2,17,18). The summed E-state index contributed by atoms with van der Waals surface area (Å²) in [4.78, 5) is 11.2. The minimum absolute atomic E-state index is 0.287. The number of alkyl halides is 3. The molecule has 0 aliphatic carbocycles. The number of hydrogen-bond acceptors (Lipinski definition) is 2. The van der Waals surface area contributed by atoms with Crippen LogP contribution < -0.4 is 10.5 Å². The van der Waals surface area contributed by atoms with Gasteiger partial charge in [0.05, 0.1) is 0 Å². The van der Waals surface area contributed by atoms with Gasteiger partial charge in [-0.15, -0.1) is 13.2 Å². The SMILES string of the molecule is CCCC(Cc1cccc(OC(F)(F)F)c1)C(N)=O. The van der Waals surface area contributed by atoms with Gasteiger partial charge >= 0.3 is 6.36 Å². The van der Waals surface area contributed by atoms with Gasteiger partial charge in [-0.25, -0.2) is 0 Å². The molecule has 0 fully saturated rings. The van der Waals surface area contributed by atoms with E-state index in [9.17, 15) is 18.0 Å². The fourth-order valence-corrected chi connectivity index (χ4v) is 1.85. The second-order valence-electron chi connectivity index (χ2n) is 4.29. The Kier molecular flexibility index (Phi) is 5.20. The lowest BCUT2D eigenvalue weighted by Crippen LogP contribution is -2.25. The molecule has 0 saturated carbocycles. The molecule has 2 N–H and O–H groups in total. The summed E-state index contributed by atoms with van der Waals surface area (Å²) in [6, 6.07) is 5.60. The average Bonchev–Trinajstić information content (AvgIpc) is 2.26. The van der Waals surface area contributed by atoms with Gasteiger partial charge in [-0.05, 0) is 30.5 Å². The second-order valence-corrected chi connectivity index (χ2v) is 4.29. The van der Waals surface area contributed by atoms with Gasteiger partial charge in [-0.2, -0.15) is 0 Å². The van der Waals surface area contributed by atoms with E-state index in [0.717, 1.165) is 6.42 Å². The van der Waals surface area contributed by atoms with Gasteiger partial charge in [0.15, 0.2) is 0 Å². The van der Waals surface area contributed by atoms with Crippen LogP contribution in [-0.2, 0) is 11.2 Å². The van der Waals surface area contributed by atoms with Crippen LogP contribution in [0.5, 0.6) is 5.75 Å². The first-order chi connectivity index (χ1) is 8.81. The number of hydrogen-bond donors (Lipinski definition) is 1. The molecule has 0 heterocycles. The monoisotopic (exact) mass is 275 g/mol. The molecule has 1 unspecified atom stereocenters. The zero-order valence-electron chi connectivity index (χ0n) is 10.5. The minimum Gasteiger partial charge on any atom is -0.406 e. The molecule has 106 valence electrons. The third-order valence-corrected chi connectivity index (χ3v) is 2.65. The van der Waals surface area contributed by atoms with Crippen molar-refractivity contribution in [2.75, 3.05) is 0 Å². The molecule has 1 atom stereocenters. The van der Waals surface area contributed by atoms with Gasteiger partial charge in [-0.3, -0.25) is 4.79 Å². The van der Waals surface area contributed by atoms with Crippen molar-refractivity contribution in [1.29, 1.82) is 0 Å². The molecule has 0 saturated heterocycles. The second kappa shape index (κ2) is 6.45. The van der Waals surface area contributed by atoms with Crippen molar-refractivity contribution >= 4 is 5.91 Å². The first kappa shape index (κ1) is 15.3. The first-order valence-electron chi connectivity index (χ1n) is 5.96. The van der Waals surface area contributed by atoms with Crippen LogP contribution >= 0.6 is 0 Å².